The van der Waals surface area contributed by atoms with Crippen LogP contribution in [0.15, 0.2) is 30.3 Å². The second-order valence-electron chi connectivity index (χ2n) is 4.13. The van der Waals surface area contributed by atoms with Gasteiger partial charge in [-0.3, -0.25) is 0 Å². The highest BCUT2D eigenvalue weighted by atomic mass is 16.6. The molecule has 4 nitrogen and oxygen atoms in total. The maximum Gasteiger partial charge on any atom is 0.410 e. The predicted octanol–water partition coefficient (Wildman–Crippen LogP) is 1.78. The Morgan fingerprint density at radius 2 is 2.29 bits per heavy atom. The molecular weight excluding hydrogens is 218 g/mol. The van der Waals surface area contributed by atoms with Crippen molar-refractivity contribution in [3.05, 3.63) is 35.9 Å². The molecule has 1 heterocycles. The monoisotopic (exact) mass is 236 g/mol. The van der Waals surface area contributed by atoms with Crippen molar-refractivity contribution in [3.63, 3.8) is 0 Å². The topological polar surface area (TPSA) is 49.8 Å². The number of rotatable bonds is 2. The van der Waals surface area contributed by atoms with Crippen LogP contribution in [0.3, 0.4) is 0 Å². The number of β-amino-alcohol motifs (C(OH)–C–C–N with tert-alkyl or cyclic N) is 1. The Balaban J connectivity index is 1.85. The number of piperidine rings is 1. The number of likely N-dealkylation sites (tertiary alicyclic amines) is 1. The molecule has 1 N–H and O–H groups in total. The average molecular weight is 236 g/mol. The molecule has 0 saturated carbocycles. The minimum atomic E-state index is -1.54. The lowest BCUT2D eigenvalue weighted by atomic mass is 10.1. The Kier molecular flexibility index (Phi) is 3.54. The molecule has 0 radical (unpaired) electrons. The fourth-order valence-electron chi connectivity index (χ4n) is 1.82. The summed E-state index contributed by atoms with van der Waals surface area (Å²) in [6, 6.07) is 9.42. The van der Waals surface area contributed by atoms with Crippen LogP contribution in [-0.2, 0) is 11.3 Å². The van der Waals surface area contributed by atoms with Gasteiger partial charge >= 0.3 is 6.09 Å². The summed E-state index contributed by atoms with van der Waals surface area (Å²) in [7, 11) is 0. The fraction of sp³-hybridized carbons (Fsp3) is 0.462. The molecule has 1 unspecified atom stereocenters. The van der Waals surface area contributed by atoms with Crippen molar-refractivity contribution >= 4 is 6.09 Å². The third-order valence-electron chi connectivity index (χ3n) is 2.73. The summed E-state index contributed by atoms with van der Waals surface area (Å²) in [6.07, 6.45) is -0.982. The van der Waals surface area contributed by atoms with Crippen LogP contribution >= 0.6 is 0 Å². The molecule has 92 valence electrons. The van der Waals surface area contributed by atoms with Gasteiger partial charge in [0.1, 0.15) is 6.61 Å². The van der Waals surface area contributed by atoms with E-state index in [4.69, 9.17) is 6.11 Å². The number of benzene rings is 1. The van der Waals surface area contributed by atoms with Gasteiger partial charge in [-0.05, 0) is 18.4 Å². The molecule has 4 heteroatoms. The van der Waals surface area contributed by atoms with E-state index in [9.17, 15) is 9.90 Å². The first-order valence-electron chi connectivity index (χ1n) is 6.25. The largest absolute Gasteiger partial charge is 0.445 e. The van der Waals surface area contributed by atoms with Crippen LogP contribution in [0.4, 0.5) is 4.79 Å². The molecule has 1 aliphatic rings. The first-order chi connectivity index (χ1) is 8.57. The minimum Gasteiger partial charge on any atom is -0.445 e. The van der Waals surface area contributed by atoms with E-state index in [1.54, 1.807) is 0 Å². The number of nitrogens with zero attached hydrogens (tertiary/aromatic N) is 1. The van der Waals surface area contributed by atoms with E-state index in [0.717, 1.165) is 5.56 Å². The fourth-order valence-corrected chi connectivity index (χ4v) is 1.82. The molecule has 1 atom stereocenters. The van der Waals surface area contributed by atoms with Crippen molar-refractivity contribution in [1.82, 2.24) is 4.90 Å². The molecule has 1 aromatic carbocycles. The van der Waals surface area contributed by atoms with E-state index in [1.165, 1.54) is 4.90 Å². The van der Waals surface area contributed by atoms with Gasteiger partial charge < -0.3 is 14.7 Å². The normalized spacial score (nSPS) is 25.2. The van der Waals surface area contributed by atoms with Crippen molar-refractivity contribution in [2.24, 2.45) is 0 Å². The summed E-state index contributed by atoms with van der Waals surface area (Å²) in [4.78, 5) is 13.2. The lowest BCUT2D eigenvalue weighted by Crippen LogP contribution is -2.42. The van der Waals surface area contributed by atoms with Crippen LogP contribution in [-0.4, -0.2) is 35.3 Å². The van der Waals surface area contributed by atoms with Crippen LogP contribution in [0.1, 0.15) is 19.8 Å². The van der Waals surface area contributed by atoms with E-state index in [0.29, 0.717) is 19.4 Å². The van der Waals surface area contributed by atoms with Gasteiger partial charge in [-0.1, -0.05) is 30.3 Å². The number of hydrogen-bond donors (Lipinski definition) is 1. The molecule has 2 rings (SSSR count). The van der Waals surface area contributed by atoms with Crippen LogP contribution in [0, 0.1) is 0 Å². The number of carbonyl (C=O) groups excluding carboxylic acids is 1. The van der Waals surface area contributed by atoms with E-state index in [2.05, 4.69) is 0 Å². The summed E-state index contributed by atoms with van der Waals surface area (Å²) in [5.41, 5.74) is 0.920. The lowest BCUT2D eigenvalue weighted by Gasteiger charge is -2.29. The first kappa shape index (κ1) is 10.6. The Bertz CT molecular complexity index is 408. The maximum absolute atomic E-state index is 11.8. The minimum absolute atomic E-state index is 0.0145. The van der Waals surface area contributed by atoms with E-state index in [-0.39, 0.29) is 13.2 Å². The summed E-state index contributed by atoms with van der Waals surface area (Å²) in [5.74, 6) is 0. The molecule has 17 heavy (non-hydrogen) atoms. The standard InChI is InChI=1S/C13H17NO3/c15-12-7-4-8-14(9-12)13(16)17-10-11-5-2-1-3-6-11/h1-3,5-6,12,15H,4,7-10H2/i12D. The van der Waals surface area contributed by atoms with Crippen molar-refractivity contribution in [1.29, 1.82) is 0 Å². The third-order valence-corrected chi connectivity index (χ3v) is 2.73. The lowest BCUT2D eigenvalue weighted by molar-refractivity contribution is 0.0461. The van der Waals surface area contributed by atoms with E-state index >= 15 is 0 Å². The Labute approximate surface area is 102 Å². The molecular formula is C13H17NO3. The van der Waals surface area contributed by atoms with Crippen LogP contribution in [0.5, 0.6) is 0 Å². The summed E-state index contributed by atoms with van der Waals surface area (Å²) in [6.45, 7) is 0.766. The van der Waals surface area contributed by atoms with Crippen molar-refractivity contribution in [2.45, 2.75) is 25.5 Å². The molecule has 0 bridgehead atoms. The maximum atomic E-state index is 11.8. The number of hydrogen-bond acceptors (Lipinski definition) is 3. The van der Waals surface area contributed by atoms with Crippen molar-refractivity contribution in [3.8, 4) is 0 Å². The van der Waals surface area contributed by atoms with E-state index < -0.39 is 12.2 Å². The molecule has 1 saturated heterocycles. The highest BCUT2D eigenvalue weighted by Gasteiger charge is 2.22. The Morgan fingerprint density at radius 3 is 3.00 bits per heavy atom. The van der Waals surface area contributed by atoms with E-state index in [1.807, 2.05) is 30.3 Å². The smallest absolute Gasteiger partial charge is 0.410 e. The zero-order valence-corrected chi connectivity index (χ0v) is 9.63. The molecule has 1 fully saturated rings. The van der Waals surface area contributed by atoms with Crippen molar-refractivity contribution in [2.75, 3.05) is 13.1 Å². The van der Waals surface area contributed by atoms with Crippen LogP contribution < -0.4 is 0 Å². The number of amides is 1. The van der Waals surface area contributed by atoms with Gasteiger partial charge in [0.2, 0.25) is 0 Å². The van der Waals surface area contributed by atoms with Gasteiger partial charge in [0.15, 0.2) is 0 Å². The predicted molar refractivity (Wildman–Crippen MR) is 63.4 cm³/mol. The average Bonchev–Trinajstić information content (AvgIpc) is 2.36. The quantitative estimate of drug-likeness (QED) is 0.851. The van der Waals surface area contributed by atoms with Crippen molar-refractivity contribution < 1.29 is 16.0 Å². The van der Waals surface area contributed by atoms with Gasteiger partial charge in [0, 0.05) is 13.1 Å². The van der Waals surface area contributed by atoms with Crippen LogP contribution in [0.2, 0.25) is 0 Å². The summed E-state index contributed by atoms with van der Waals surface area (Å²) >= 11 is 0. The first-order valence-corrected chi connectivity index (χ1v) is 5.75. The molecule has 1 aromatic rings. The number of carbonyl (C=O) groups is 1. The highest BCUT2D eigenvalue weighted by Crippen LogP contribution is 2.11. The summed E-state index contributed by atoms with van der Waals surface area (Å²) < 4.78 is 12.7. The second-order valence-corrected chi connectivity index (χ2v) is 4.13. The molecule has 0 spiro atoms. The zero-order chi connectivity index (χ0) is 13.0. The molecule has 1 amide bonds. The second kappa shape index (κ2) is 5.68. The molecule has 1 aliphatic heterocycles. The number of ether oxygens (including phenoxy) is 1. The van der Waals surface area contributed by atoms with Gasteiger partial charge in [0.25, 0.3) is 0 Å². The van der Waals surface area contributed by atoms with Gasteiger partial charge in [-0.2, -0.15) is 0 Å². The van der Waals surface area contributed by atoms with Crippen LogP contribution in [0.25, 0.3) is 0 Å². The Hall–Kier alpha value is -1.55. The Morgan fingerprint density at radius 1 is 1.53 bits per heavy atom. The summed E-state index contributed by atoms with van der Waals surface area (Å²) in [5, 5.41) is 9.60. The SMILES string of the molecule is [2H]C1(O)CCCN(C(=O)OCc2ccccc2)C1. The highest BCUT2D eigenvalue weighted by molar-refractivity contribution is 5.67. The molecule has 0 aliphatic carbocycles. The van der Waals surface area contributed by atoms with Gasteiger partial charge in [0.05, 0.1) is 7.45 Å². The number of aliphatic hydroxyl groups is 1. The zero-order valence-electron chi connectivity index (χ0n) is 10.6. The van der Waals surface area contributed by atoms with Gasteiger partial charge in [-0.25, -0.2) is 4.79 Å². The van der Waals surface area contributed by atoms with Gasteiger partial charge in [-0.15, -0.1) is 0 Å². The third kappa shape index (κ3) is 3.46. The molecule has 0 aromatic heterocycles.